The number of nitriles is 1. The van der Waals surface area contributed by atoms with Gasteiger partial charge in [-0.25, -0.2) is 0 Å². The van der Waals surface area contributed by atoms with Crippen molar-refractivity contribution in [1.82, 2.24) is 10.2 Å². The molecular formula is C13H14N4O2. The summed E-state index contributed by atoms with van der Waals surface area (Å²) in [7, 11) is 0. The highest BCUT2D eigenvalue weighted by molar-refractivity contribution is 5.93. The number of benzene rings is 1. The molecule has 0 radical (unpaired) electrons. The Kier molecular flexibility index (Phi) is 3.60. The monoisotopic (exact) mass is 258 g/mol. The number of aliphatic hydroxyl groups excluding tert-OH is 2. The van der Waals surface area contributed by atoms with Gasteiger partial charge >= 0.3 is 0 Å². The van der Waals surface area contributed by atoms with Gasteiger partial charge in [0.15, 0.2) is 5.69 Å². The van der Waals surface area contributed by atoms with E-state index in [0.29, 0.717) is 11.2 Å². The molecule has 19 heavy (non-hydrogen) atoms. The molecule has 0 unspecified atom stereocenters. The molecule has 2 aromatic rings. The molecule has 98 valence electrons. The van der Waals surface area contributed by atoms with Gasteiger partial charge in [-0.1, -0.05) is 18.2 Å². The molecule has 0 spiro atoms. The van der Waals surface area contributed by atoms with Gasteiger partial charge in [0, 0.05) is 5.39 Å². The van der Waals surface area contributed by atoms with Gasteiger partial charge in [0.25, 0.3) is 0 Å². The fraction of sp³-hybridized carbons (Fsp3) is 0.308. The van der Waals surface area contributed by atoms with Gasteiger partial charge in [0.05, 0.1) is 30.0 Å². The first-order chi connectivity index (χ1) is 9.13. The Hall–Kier alpha value is -2.23. The summed E-state index contributed by atoms with van der Waals surface area (Å²) in [6.07, 6.45) is 0. The second-order valence-electron chi connectivity index (χ2n) is 4.55. The number of hydrogen-bond donors (Lipinski definition) is 3. The maximum absolute atomic E-state index is 9.34. The molecular weight excluding hydrogens is 244 g/mol. The van der Waals surface area contributed by atoms with E-state index in [1.807, 2.05) is 24.3 Å². The van der Waals surface area contributed by atoms with Crippen LogP contribution in [0.2, 0.25) is 0 Å². The minimum absolute atomic E-state index is 0.131. The second kappa shape index (κ2) is 5.18. The van der Waals surface area contributed by atoms with E-state index in [-0.39, 0.29) is 18.9 Å². The summed E-state index contributed by atoms with van der Waals surface area (Å²) in [4.78, 5) is 0. The lowest BCUT2D eigenvalue weighted by Crippen LogP contribution is -2.42. The van der Waals surface area contributed by atoms with E-state index in [1.54, 1.807) is 13.0 Å². The molecule has 0 aliphatic heterocycles. The molecule has 0 aliphatic rings. The van der Waals surface area contributed by atoms with Crippen molar-refractivity contribution in [2.75, 3.05) is 18.5 Å². The Bertz CT molecular complexity index is 632. The maximum atomic E-state index is 9.34. The smallest absolute Gasteiger partial charge is 0.186 e. The van der Waals surface area contributed by atoms with Gasteiger partial charge in [-0.3, -0.25) is 0 Å². The van der Waals surface area contributed by atoms with Gasteiger partial charge < -0.3 is 15.5 Å². The van der Waals surface area contributed by atoms with Crippen LogP contribution in [0.3, 0.4) is 0 Å². The first-order valence-corrected chi connectivity index (χ1v) is 5.79. The third-order valence-electron chi connectivity index (χ3n) is 2.90. The predicted octanol–water partition coefficient (Wildman–Crippen LogP) is 0.657. The van der Waals surface area contributed by atoms with Crippen molar-refractivity contribution in [3.63, 3.8) is 0 Å². The Balaban J connectivity index is 2.60. The number of rotatable bonds is 4. The van der Waals surface area contributed by atoms with E-state index < -0.39 is 5.54 Å². The van der Waals surface area contributed by atoms with Crippen molar-refractivity contribution in [2.45, 2.75) is 12.5 Å². The van der Waals surface area contributed by atoms with Crippen LogP contribution in [0, 0.1) is 11.3 Å². The van der Waals surface area contributed by atoms with Crippen LogP contribution in [-0.4, -0.2) is 39.2 Å². The van der Waals surface area contributed by atoms with Crippen LogP contribution in [0.25, 0.3) is 10.9 Å². The van der Waals surface area contributed by atoms with E-state index in [4.69, 9.17) is 5.26 Å². The van der Waals surface area contributed by atoms with Gasteiger partial charge in [-0.2, -0.15) is 5.26 Å². The van der Waals surface area contributed by atoms with Gasteiger partial charge in [-0.05, 0) is 13.0 Å². The molecule has 3 N–H and O–H groups in total. The minimum Gasteiger partial charge on any atom is -0.394 e. The Morgan fingerprint density at radius 1 is 1.26 bits per heavy atom. The predicted molar refractivity (Wildman–Crippen MR) is 70.5 cm³/mol. The quantitative estimate of drug-likeness (QED) is 0.744. The summed E-state index contributed by atoms with van der Waals surface area (Å²) in [6, 6.07) is 9.20. The van der Waals surface area contributed by atoms with Crippen molar-refractivity contribution in [2.24, 2.45) is 0 Å². The van der Waals surface area contributed by atoms with Crippen molar-refractivity contribution in [1.29, 1.82) is 5.26 Å². The van der Waals surface area contributed by atoms with Crippen LogP contribution in [0.5, 0.6) is 0 Å². The summed E-state index contributed by atoms with van der Waals surface area (Å²) in [5, 5.41) is 39.3. The SMILES string of the molecule is CC(CO)(CO)Nc1c(C#N)nnc2ccccc12. The largest absolute Gasteiger partial charge is 0.394 e. The summed E-state index contributed by atoms with van der Waals surface area (Å²) < 4.78 is 0. The zero-order chi connectivity index (χ0) is 13.9. The molecule has 1 aromatic heterocycles. The summed E-state index contributed by atoms with van der Waals surface area (Å²) in [6.45, 7) is 1.11. The standard InChI is InChI=1S/C13H14N4O2/c1-13(7-18,8-19)15-12-9-4-2-3-5-10(9)16-17-11(12)6-14/h2-5,18-19H,7-8H2,1H3,(H,15,16). The lowest BCUT2D eigenvalue weighted by atomic mass is 10.0. The van der Waals surface area contributed by atoms with Crippen molar-refractivity contribution in [3.05, 3.63) is 30.0 Å². The van der Waals surface area contributed by atoms with Crippen LogP contribution >= 0.6 is 0 Å². The van der Waals surface area contributed by atoms with Crippen LogP contribution in [0.4, 0.5) is 5.69 Å². The first-order valence-electron chi connectivity index (χ1n) is 5.79. The molecule has 0 saturated carbocycles. The highest BCUT2D eigenvalue weighted by atomic mass is 16.3. The Morgan fingerprint density at radius 3 is 2.58 bits per heavy atom. The van der Waals surface area contributed by atoms with E-state index in [2.05, 4.69) is 15.5 Å². The van der Waals surface area contributed by atoms with Gasteiger partial charge in [-0.15, -0.1) is 10.2 Å². The van der Waals surface area contributed by atoms with Gasteiger partial charge in [0.2, 0.25) is 0 Å². The van der Waals surface area contributed by atoms with Crippen molar-refractivity contribution < 1.29 is 10.2 Å². The summed E-state index contributed by atoms with van der Waals surface area (Å²) in [5.74, 6) is 0. The number of aromatic nitrogens is 2. The van der Waals surface area contributed by atoms with E-state index in [0.717, 1.165) is 5.39 Å². The number of fused-ring (bicyclic) bond motifs is 1. The molecule has 0 bridgehead atoms. The average molecular weight is 258 g/mol. The van der Waals surface area contributed by atoms with Crippen molar-refractivity contribution in [3.8, 4) is 6.07 Å². The third kappa shape index (κ3) is 2.47. The van der Waals surface area contributed by atoms with Crippen LogP contribution in [0.15, 0.2) is 24.3 Å². The zero-order valence-electron chi connectivity index (χ0n) is 10.5. The Labute approximate surface area is 110 Å². The number of anilines is 1. The normalized spacial score (nSPS) is 11.3. The van der Waals surface area contributed by atoms with E-state index in [1.165, 1.54) is 0 Å². The number of aliphatic hydroxyl groups is 2. The topological polar surface area (TPSA) is 102 Å². The number of hydrogen-bond acceptors (Lipinski definition) is 6. The fourth-order valence-electron chi connectivity index (χ4n) is 1.69. The third-order valence-corrected chi connectivity index (χ3v) is 2.90. The molecule has 6 heteroatoms. The number of nitrogens with zero attached hydrogens (tertiary/aromatic N) is 3. The molecule has 0 amide bonds. The zero-order valence-corrected chi connectivity index (χ0v) is 10.5. The van der Waals surface area contributed by atoms with E-state index in [9.17, 15) is 10.2 Å². The van der Waals surface area contributed by atoms with Crippen LogP contribution in [0.1, 0.15) is 12.6 Å². The molecule has 2 rings (SSSR count). The average Bonchev–Trinajstić information content (AvgIpc) is 2.47. The van der Waals surface area contributed by atoms with Crippen LogP contribution in [-0.2, 0) is 0 Å². The van der Waals surface area contributed by atoms with Gasteiger partial charge in [0.1, 0.15) is 6.07 Å². The molecule has 1 aromatic carbocycles. The Morgan fingerprint density at radius 2 is 1.95 bits per heavy atom. The molecule has 1 heterocycles. The van der Waals surface area contributed by atoms with Crippen molar-refractivity contribution >= 4 is 16.6 Å². The molecule has 6 nitrogen and oxygen atoms in total. The summed E-state index contributed by atoms with van der Waals surface area (Å²) >= 11 is 0. The highest BCUT2D eigenvalue weighted by Gasteiger charge is 2.24. The number of nitrogens with one attached hydrogen (secondary N) is 1. The molecule has 0 aliphatic carbocycles. The summed E-state index contributed by atoms with van der Waals surface area (Å²) in [5.41, 5.74) is 0.310. The second-order valence-corrected chi connectivity index (χ2v) is 4.55. The molecule has 0 saturated heterocycles. The first kappa shape index (κ1) is 13.2. The van der Waals surface area contributed by atoms with Crippen LogP contribution < -0.4 is 5.32 Å². The molecule has 0 atom stereocenters. The molecule has 0 fully saturated rings. The lowest BCUT2D eigenvalue weighted by Gasteiger charge is -2.28. The fourth-order valence-corrected chi connectivity index (χ4v) is 1.69. The van der Waals surface area contributed by atoms with E-state index >= 15 is 0 Å². The lowest BCUT2D eigenvalue weighted by molar-refractivity contribution is 0.147. The minimum atomic E-state index is -0.933. The maximum Gasteiger partial charge on any atom is 0.186 e. The highest BCUT2D eigenvalue weighted by Crippen LogP contribution is 2.26.